The summed E-state index contributed by atoms with van der Waals surface area (Å²) >= 11 is 6.22. The molecular formula is C46H53ClN6O7. The smallest absolute Gasteiger partial charge is 0.264 e. The minimum Gasteiger partial charge on any atom is -0.489 e. The predicted octanol–water partition coefficient (Wildman–Crippen LogP) is 7.19. The number of hydrogen-bond donors (Lipinski definition) is 4. The van der Waals surface area contributed by atoms with E-state index in [1.165, 1.54) is 0 Å². The van der Waals surface area contributed by atoms with Gasteiger partial charge in [0, 0.05) is 59.3 Å². The number of benzene rings is 3. The van der Waals surface area contributed by atoms with Crippen molar-refractivity contribution in [2.45, 2.75) is 110 Å². The van der Waals surface area contributed by atoms with Gasteiger partial charge in [-0.05, 0) is 67.8 Å². The summed E-state index contributed by atoms with van der Waals surface area (Å²) in [5.41, 5.74) is 1.65. The number of hydrogen-bond acceptors (Lipinski definition) is 9. The zero-order valence-electron chi connectivity index (χ0n) is 34.6. The van der Waals surface area contributed by atoms with Crippen molar-refractivity contribution in [3.63, 3.8) is 0 Å². The maximum absolute atomic E-state index is 13.3. The molecule has 60 heavy (non-hydrogen) atoms. The van der Waals surface area contributed by atoms with Crippen LogP contribution in [0.1, 0.15) is 139 Å². The van der Waals surface area contributed by atoms with Gasteiger partial charge in [0.05, 0.1) is 21.7 Å². The number of unbranched alkanes of at least 4 members (excludes halogenated alkanes) is 7. The number of piperidine rings is 1. The summed E-state index contributed by atoms with van der Waals surface area (Å²) in [7, 11) is 0. The molecule has 0 spiro atoms. The van der Waals surface area contributed by atoms with E-state index in [9.17, 15) is 34.0 Å². The summed E-state index contributed by atoms with van der Waals surface area (Å²) in [5.74, 6) is -1.90. The number of amides is 6. The third-order valence-electron chi connectivity index (χ3n) is 12.0. The number of nitrogens with one attached hydrogen (secondary N) is 4. The van der Waals surface area contributed by atoms with Crippen molar-refractivity contribution in [1.82, 2.24) is 20.9 Å². The molecule has 3 aromatic rings. The lowest BCUT2D eigenvalue weighted by Gasteiger charge is -2.63. The number of ether oxygens (including phenoxy) is 1. The van der Waals surface area contributed by atoms with Crippen LogP contribution in [0.15, 0.2) is 60.7 Å². The number of fused-ring (bicyclic) bond motifs is 1. The molecule has 0 aromatic heterocycles. The highest BCUT2D eigenvalue weighted by Crippen LogP contribution is 2.55. The third kappa shape index (κ3) is 9.34. The van der Waals surface area contributed by atoms with Crippen LogP contribution < -0.4 is 26.0 Å². The number of carbonyl (C=O) groups is 6. The Morgan fingerprint density at radius 3 is 2.07 bits per heavy atom. The second kappa shape index (κ2) is 18.7. The van der Waals surface area contributed by atoms with E-state index in [0.29, 0.717) is 46.2 Å². The Labute approximate surface area is 355 Å². The SMILES string of the molecule is CC1(C)C(NC(=O)c2ccc(C(=O)NCCCCCCCCCCNc3cccc4c3C(=O)N(C3CCC(=O)NC3=O)C4=O)cc2)C(C)(C)C1Oc1ccc(C#N)c(Cl)c1. The summed E-state index contributed by atoms with van der Waals surface area (Å²) in [6.45, 7) is 9.40. The molecule has 13 nitrogen and oxygen atoms in total. The molecule has 2 aliphatic heterocycles. The molecule has 6 amide bonds. The number of anilines is 1. The van der Waals surface area contributed by atoms with Crippen LogP contribution in [0.3, 0.4) is 0 Å². The van der Waals surface area contributed by atoms with Gasteiger partial charge in [-0.2, -0.15) is 5.26 Å². The lowest BCUT2D eigenvalue weighted by Crippen LogP contribution is -2.74. The fraction of sp³-hybridized carbons (Fsp3) is 0.457. The minimum atomic E-state index is -0.991. The molecular weight excluding hydrogens is 784 g/mol. The summed E-state index contributed by atoms with van der Waals surface area (Å²) in [4.78, 5) is 77.3. The summed E-state index contributed by atoms with van der Waals surface area (Å²) in [5, 5.41) is 21.2. The zero-order chi connectivity index (χ0) is 43.2. The first kappa shape index (κ1) is 43.8. The van der Waals surface area contributed by atoms with Gasteiger partial charge in [0.15, 0.2) is 0 Å². The molecule has 2 heterocycles. The number of nitriles is 1. The van der Waals surface area contributed by atoms with Crippen molar-refractivity contribution in [1.29, 1.82) is 5.26 Å². The number of nitrogens with zero attached hydrogens (tertiary/aromatic N) is 2. The second-order valence-corrected chi connectivity index (χ2v) is 17.5. The van der Waals surface area contributed by atoms with E-state index < -0.39 is 40.5 Å². The number of halogens is 1. The number of imide groups is 2. The average Bonchev–Trinajstić information content (AvgIpc) is 3.47. The lowest BCUT2D eigenvalue weighted by molar-refractivity contribution is -0.164. The molecule has 1 unspecified atom stereocenters. The van der Waals surface area contributed by atoms with E-state index in [2.05, 4.69) is 27.3 Å². The van der Waals surface area contributed by atoms with Gasteiger partial charge in [-0.1, -0.05) is 83.9 Å². The van der Waals surface area contributed by atoms with E-state index in [4.69, 9.17) is 16.3 Å². The van der Waals surface area contributed by atoms with Gasteiger partial charge in [-0.15, -0.1) is 0 Å². The number of carbonyl (C=O) groups excluding carboxylic acids is 6. The van der Waals surface area contributed by atoms with Gasteiger partial charge >= 0.3 is 0 Å². The number of rotatable bonds is 18. The summed E-state index contributed by atoms with van der Waals surface area (Å²) in [6.07, 6.45) is 8.09. The van der Waals surface area contributed by atoms with Gasteiger partial charge in [0.25, 0.3) is 23.6 Å². The largest absolute Gasteiger partial charge is 0.489 e. The van der Waals surface area contributed by atoms with Crippen LogP contribution >= 0.6 is 11.6 Å². The van der Waals surface area contributed by atoms with Gasteiger partial charge in [-0.25, -0.2) is 0 Å². The van der Waals surface area contributed by atoms with Gasteiger partial charge < -0.3 is 20.7 Å². The van der Waals surface area contributed by atoms with Crippen LogP contribution in [0, 0.1) is 22.2 Å². The Morgan fingerprint density at radius 1 is 0.833 bits per heavy atom. The molecule has 1 atom stereocenters. The van der Waals surface area contributed by atoms with E-state index >= 15 is 0 Å². The van der Waals surface area contributed by atoms with Crippen molar-refractivity contribution >= 4 is 52.7 Å². The molecule has 6 rings (SSSR count). The van der Waals surface area contributed by atoms with Crippen molar-refractivity contribution in [2.24, 2.45) is 10.8 Å². The van der Waals surface area contributed by atoms with E-state index in [1.54, 1.807) is 60.7 Å². The van der Waals surface area contributed by atoms with Crippen LogP contribution in [0.5, 0.6) is 5.75 Å². The summed E-state index contributed by atoms with van der Waals surface area (Å²) < 4.78 is 6.33. The summed E-state index contributed by atoms with van der Waals surface area (Å²) in [6, 6.07) is 17.6. The fourth-order valence-corrected chi connectivity index (χ4v) is 9.30. The molecule has 3 aromatic carbocycles. The highest BCUT2D eigenvalue weighted by Gasteiger charge is 2.64. The molecule has 1 saturated heterocycles. The molecule has 0 bridgehead atoms. The van der Waals surface area contributed by atoms with Crippen LogP contribution in [0.2, 0.25) is 5.02 Å². The van der Waals surface area contributed by atoms with Crippen molar-refractivity contribution in [2.75, 3.05) is 18.4 Å². The van der Waals surface area contributed by atoms with Crippen molar-refractivity contribution < 1.29 is 33.5 Å². The standard InChI is InChI=1S/C46H53ClN6O7/c1-45(2)43(46(3,4)44(45)60-31-21-20-30(27-48)33(47)26-31)52-39(56)29-18-16-28(17-19-29)38(55)50-25-12-10-8-6-5-7-9-11-24-49-34-15-13-14-32-37(34)42(59)53(41(32)58)35-22-23-36(54)51-40(35)57/h13-21,26,35,43-44,49H,5-12,22-25H2,1-4H3,(H,50,55)(H,52,56)(H,51,54,57). The monoisotopic (exact) mass is 836 g/mol. The molecule has 1 aliphatic carbocycles. The lowest BCUT2D eigenvalue weighted by atomic mass is 9.49. The quantitative estimate of drug-likeness (QED) is 0.0760. The third-order valence-corrected chi connectivity index (χ3v) is 12.3. The van der Waals surface area contributed by atoms with Crippen LogP contribution in [0.4, 0.5) is 5.69 Å². The van der Waals surface area contributed by atoms with Gasteiger partial charge in [0.1, 0.15) is 24.0 Å². The molecule has 4 N–H and O–H groups in total. The van der Waals surface area contributed by atoms with Crippen molar-refractivity contribution in [3.05, 3.63) is 93.5 Å². The average molecular weight is 837 g/mol. The van der Waals surface area contributed by atoms with Gasteiger partial charge in [-0.3, -0.25) is 39.0 Å². The molecule has 3 aliphatic rings. The Bertz CT molecular complexity index is 2180. The minimum absolute atomic E-state index is 0.0778. The maximum Gasteiger partial charge on any atom is 0.264 e. The molecule has 14 heteroatoms. The molecule has 0 radical (unpaired) electrons. The Kier molecular flexibility index (Phi) is 13.6. The van der Waals surface area contributed by atoms with Crippen LogP contribution in [0.25, 0.3) is 0 Å². The highest BCUT2D eigenvalue weighted by molar-refractivity contribution is 6.31. The van der Waals surface area contributed by atoms with Crippen LogP contribution in [-0.4, -0.2) is 71.6 Å². The molecule has 316 valence electrons. The van der Waals surface area contributed by atoms with E-state index in [1.807, 2.05) is 27.7 Å². The highest BCUT2D eigenvalue weighted by atomic mass is 35.5. The molecule has 2 fully saturated rings. The molecule has 1 saturated carbocycles. The second-order valence-electron chi connectivity index (χ2n) is 17.1. The topological polar surface area (TPSA) is 187 Å². The maximum atomic E-state index is 13.3. The Balaban J connectivity index is 0.830. The van der Waals surface area contributed by atoms with Crippen LogP contribution in [-0.2, 0) is 9.59 Å². The normalized spacial score (nSPS) is 20.1. The van der Waals surface area contributed by atoms with Gasteiger partial charge in [0.2, 0.25) is 11.8 Å². The Morgan fingerprint density at radius 2 is 1.45 bits per heavy atom. The van der Waals surface area contributed by atoms with E-state index in [0.717, 1.165) is 56.3 Å². The van der Waals surface area contributed by atoms with E-state index in [-0.39, 0.29) is 47.9 Å². The first-order chi connectivity index (χ1) is 28.6. The fourth-order valence-electron chi connectivity index (χ4n) is 9.08. The first-order valence-electron chi connectivity index (χ1n) is 20.8. The Hall–Kier alpha value is -5.74. The van der Waals surface area contributed by atoms with Crippen molar-refractivity contribution in [3.8, 4) is 11.8 Å². The predicted molar refractivity (Wildman–Crippen MR) is 227 cm³/mol. The zero-order valence-corrected chi connectivity index (χ0v) is 35.4. The first-order valence-corrected chi connectivity index (χ1v) is 21.2.